The maximum absolute atomic E-state index is 13.1. The Hall–Kier alpha value is -1.81. The van der Waals surface area contributed by atoms with Gasteiger partial charge in [-0.25, -0.2) is 13.2 Å². The van der Waals surface area contributed by atoms with Crippen LogP contribution >= 0.6 is 0 Å². The van der Waals surface area contributed by atoms with Gasteiger partial charge in [0.2, 0.25) is 0 Å². The van der Waals surface area contributed by atoms with E-state index >= 15 is 0 Å². The fraction of sp³-hybridized carbons (Fsp3) is 0.200. The summed E-state index contributed by atoms with van der Waals surface area (Å²) in [5, 5.41) is 10.1. The van der Waals surface area contributed by atoms with Crippen LogP contribution in [0.4, 0.5) is 13.2 Å². The van der Waals surface area contributed by atoms with Gasteiger partial charge in [-0.2, -0.15) is 0 Å². The zero-order valence-electron chi connectivity index (χ0n) is 10.5. The lowest BCUT2D eigenvalue weighted by molar-refractivity contribution is 0.218. The summed E-state index contributed by atoms with van der Waals surface area (Å²) in [7, 11) is 0. The molecule has 1 atom stereocenters. The Morgan fingerprint density at radius 2 is 1.21 bits per heavy atom. The zero-order valence-corrected chi connectivity index (χ0v) is 10.5. The Morgan fingerprint density at radius 1 is 0.789 bits per heavy atom. The van der Waals surface area contributed by atoms with E-state index in [2.05, 4.69) is 0 Å². The molecule has 1 nitrogen and oxygen atoms in total. The number of hydrogen-bond donors (Lipinski definition) is 1. The lowest BCUT2D eigenvalue weighted by Gasteiger charge is -2.14. The Morgan fingerprint density at radius 3 is 1.68 bits per heavy atom. The molecule has 19 heavy (non-hydrogen) atoms. The van der Waals surface area contributed by atoms with Gasteiger partial charge in [0.25, 0.3) is 0 Å². The maximum atomic E-state index is 13.1. The van der Waals surface area contributed by atoms with Crippen LogP contribution in [0.15, 0.2) is 30.3 Å². The fourth-order valence-corrected chi connectivity index (χ4v) is 2.09. The van der Waals surface area contributed by atoms with Crippen molar-refractivity contribution in [2.45, 2.75) is 20.0 Å². The molecule has 0 aliphatic heterocycles. The van der Waals surface area contributed by atoms with Crippen LogP contribution in [0.5, 0.6) is 0 Å². The van der Waals surface area contributed by atoms with Crippen LogP contribution in [-0.2, 0) is 0 Å². The predicted molar refractivity (Wildman–Crippen MR) is 66.3 cm³/mol. The highest BCUT2D eigenvalue weighted by Gasteiger charge is 2.17. The molecule has 0 saturated heterocycles. The van der Waals surface area contributed by atoms with Crippen molar-refractivity contribution in [3.63, 3.8) is 0 Å². The third-order valence-corrected chi connectivity index (χ3v) is 2.88. The topological polar surface area (TPSA) is 20.2 Å². The van der Waals surface area contributed by atoms with E-state index < -0.39 is 23.6 Å². The van der Waals surface area contributed by atoms with Gasteiger partial charge in [-0.15, -0.1) is 0 Å². The second-order valence-corrected chi connectivity index (χ2v) is 4.62. The highest BCUT2D eigenvalue weighted by Crippen LogP contribution is 2.26. The van der Waals surface area contributed by atoms with Crippen LogP contribution in [0.2, 0.25) is 0 Å². The van der Waals surface area contributed by atoms with Crippen molar-refractivity contribution in [2.24, 2.45) is 0 Å². The van der Waals surface area contributed by atoms with Crippen molar-refractivity contribution in [3.05, 3.63) is 70.0 Å². The quantitative estimate of drug-likeness (QED) is 0.820. The zero-order chi connectivity index (χ0) is 14.2. The summed E-state index contributed by atoms with van der Waals surface area (Å²) < 4.78 is 39.2. The lowest BCUT2D eigenvalue weighted by atomic mass is 9.98. The summed E-state index contributed by atoms with van der Waals surface area (Å²) in [5.41, 5.74) is 2.36. The molecule has 0 radical (unpaired) electrons. The summed E-state index contributed by atoms with van der Waals surface area (Å²) in [5.74, 6) is -4.15. The summed E-state index contributed by atoms with van der Waals surface area (Å²) in [6.07, 6.45) is -1.19. The highest BCUT2D eigenvalue weighted by molar-refractivity contribution is 5.36. The first-order chi connectivity index (χ1) is 8.88. The minimum absolute atomic E-state index is 0.0126. The first kappa shape index (κ1) is 13.6. The van der Waals surface area contributed by atoms with Gasteiger partial charge in [-0.05, 0) is 37.1 Å². The molecule has 2 rings (SSSR count). The first-order valence-electron chi connectivity index (χ1n) is 5.79. The van der Waals surface area contributed by atoms with E-state index in [1.54, 1.807) is 12.1 Å². The second kappa shape index (κ2) is 5.05. The molecule has 2 aromatic carbocycles. The minimum Gasteiger partial charge on any atom is -0.384 e. The van der Waals surface area contributed by atoms with Gasteiger partial charge in [-0.1, -0.05) is 29.3 Å². The monoisotopic (exact) mass is 266 g/mol. The molecule has 0 fully saturated rings. The molecule has 1 unspecified atom stereocenters. The third kappa shape index (κ3) is 2.79. The van der Waals surface area contributed by atoms with E-state index in [-0.39, 0.29) is 5.56 Å². The molecule has 0 bridgehead atoms. The first-order valence-corrected chi connectivity index (χ1v) is 5.79. The average molecular weight is 266 g/mol. The Bertz CT molecular complexity index is 580. The summed E-state index contributed by atoms with van der Waals surface area (Å²) in [4.78, 5) is 0. The van der Waals surface area contributed by atoms with Gasteiger partial charge >= 0.3 is 0 Å². The number of aliphatic hydroxyl groups is 1. The van der Waals surface area contributed by atoms with Crippen LogP contribution in [0.1, 0.15) is 28.4 Å². The van der Waals surface area contributed by atoms with Crippen LogP contribution in [0.25, 0.3) is 0 Å². The van der Waals surface area contributed by atoms with Crippen LogP contribution in [0.3, 0.4) is 0 Å². The normalized spacial score (nSPS) is 12.5. The van der Waals surface area contributed by atoms with Crippen LogP contribution in [-0.4, -0.2) is 5.11 Å². The van der Waals surface area contributed by atoms with Crippen molar-refractivity contribution in [2.75, 3.05) is 0 Å². The number of halogens is 3. The molecule has 0 aliphatic rings. The van der Waals surface area contributed by atoms with Gasteiger partial charge in [0, 0.05) is 0 Å². The fourth-order valence-electron chi connectivity index (χ4n) is 2.09. The van der Waals surface area contributed by atoms with E-state index in [0.717, 1.165) is 23.3 Å². The Kier molecular flexibility index (Phi) is 3.62. The number of aliphatic hydroxyl groups excluding tert-OH is 1. The van der Waals surface area contributed by atoms with Crippen molar-refractivity contribution < 1.29 is 18.3 Å². The van der Waals surface area contributed by atoms with Gasteiger partial charge in [0.05, 0.1) is 0 Å². The van der Waals surface area contributed by atoms with Gasteiger partial charge in [0.15, 0.2) is 17.5 Å². The second-order valence-electron chi connectivity index (χ2n) is 4.62. The molecule has 0 aromatic heterocycles. The molecule has 0 amide bonds. The van der Waals surface area contributed by atoms with E-state index in [0.29, 0.717) is 5.56 Å². The lowest BCUT2D eigenvalue weighted by Crippen LogP contribution is -2.04. The van der Waals surface area contributed by atoms with E-state index in [4.69, 9.17) is 0 Å². The highest BCUT2D eigenvalue weighted by atomic mass is 19.2. The Balaban J connectivity index is 2.46. The van der Waals surface area contributed by atoms with Gasteiger partial charge in [0.1, 0.15) is 6.10 Å². The van der Waals surface area contributed by atoms with E-state index in [1.807, 2.05) is 19.9 Å². The summed E-state index contributed by atoms with van der Waals surface area (Å²) >= 11 is 0. The molecule has 0 saturated carbocycles. The number of benzene rings is 2. The number of rotatable bonds is 2. The molecule has 100 valence electrons. The Labute approximate surface area is 109 Å². The SMILES string of the molecule is Cc1cc(C)cc(C(O)c2cc(F)c(F)c(F)c2)c1. The van der Waals surface area contributed by atoms with Gasteiger partial charge < -0.3 is 5.11 Å². The summed E-state index contributed by atoms with van der Waals surface area (Å²) in [6.45, 7) is 3.71. The molecule has 4 heteroatoms. The van der Waals surface area contributed by atoms with Crippen LogP contribution < -0.4 is 0 Å². The van der Waals surface area contributed by atoms with Crippen molar-refractivity contribution in [1.82, 2.24) is 0 Å². The van der Waals surface area contributed by atoms with Gasteiger partial charge in [-0.3, -0.25) is 0 Å². The summed E-state index contributed by atoms with van der Waals surface area (Å²) in [6, 6.07) is 6.97. The van der Waals surface area contributed by atoms with Crippen molar-refractivity contribution >= 4 is 0 Å². The largest absolute Gasteiger partial charge is 0.384 e. The van der Waals surface area contributed by atoms with Crippen molar-refractivity contribution in [1.29, 1.82) is 0 Å². The molecular formula is C15H13F3O. The molecular weight excluding hydrogens is 253 g/mol. The number of hydrogen-bond acceptors (Lipinski definition) is 1. The molecule has 0 aliphatic carbocycles. The van der Waals surface area contributed by atoms with E-state index in [1.165, 1.54) is 0 Å². The third-order valence-electron chi connectivity index (χ3n) is 2.88. The van der Waals surface area contributed by atoms with Crippen LogP contribution in [0, 0.1) is 31.3 Å². The molecule has 1 N–H and O–H groups in total. The molecule has 0 heterocycles. The molecule has 2 aromatic rings. The minimum atomic E-state index is -1.53. The number of aryl methyl sites for hydroxylation is 2. The standard InChI is InChI=1S/C15H13F3O/c1-8-3-9(2)5-10(4-8)15(19)11-6-12(16)14(18)13(17)7-11/h3-7,15,19H,1-2H3. The molecule has 0 spiro atoms. The maximum Gasteiger partial charge on any atom is 0.194 e. The smallest absolute Gasteiger partial charge is 0.194 e. The van der Waals surface area contributed by atoms with E-state index in [9.17, 15) is 18.3 Å². The predicted octanol–water partition coefficient (Wildman–Crippen LogP) is 3.80. The van der Waals surface area contributed by atoms with Crippen molar-refractivity contribution in [3.8, 4) is 0 Å². The average Bonchev–Trinajstić information content (AvgIpc) is 2.33.